The fourth-order valence-corrected chi connectivity index (χ4v) is 3.20. The van der Waals surface area contributed by atoms with Crippen molar-refractivity contribution in [3.05, 3.63) is 0 Å². The second-order valence-electron chi connectivity index (χ2n) is 8.22. The molecule has 0 aliphatic carbocycles. The van der Waals surface area contributed by atoms with Crippen molar-refractivity contribution in [2.24, 2.45) is 10.9 Å². The molecule has 2 heterocycles. The van der Waals surface area contributed by atoms with Gasteiger partial charge in [-0.25, -0.2) is 4.79 Å². The molecule has 7 nitrogen and oxygen atoms in total. The van der Waals surface area contributed by atoms with Crippen LogP contribution in [0.5, 0.6) is 0 Å². The monoisotopic (exact) mass is 481 g/mol. The highest BCUT2D eigenvalue weighted by Gasteiger charge is 2.34. The van der Waals surface area contributed by atoms with Crippen LogP contribution >= 0.6 is 24.0 Å². The van der Waals surface area contributed by atoms with Gasteiger partial charge < -0.3 is 25.2 Å². The van der Waals surface area contributed by atoms with Gasteiger partial charge in [-0.3, -0.25) is 4.99 Å². The maximum absolute atomic E-state index is 12.0. The number of hydrogen-bond donors (Lipinski definition) is 2. The summed E-state index contributed by atoms with van der Waals surface area (Å²) < 4.78 is 5.39. The minimum Gasteiger partial charge on any atom is -0.444 e. The second-order valence-corrected chi connectivity index (χ2v) is 8.22. The molecule has 0 bridgehead atoms. The normalized spacial score (nSPS) is 22.3. The molecule has 26 heavy (non-hydrogen) atoms. The predicted molar refractivity (Wildman–Crippen MR) is 116 cm³/mol. The Bertz CT molecular complexity index is 475. The quantitative estimate of drug-likeness (QED) is 0.366. The van der Waals surface area contributed by atoms with Gasteiger partial charge in [0.25, 0.3) is 0 Å². The lowest BCUT2D eigenvalue weighted by atomic mass is 9.99. The number of carbonyl (C=O) groups is 1. The van der Waals surface area contributed by atoms with Gasteiger partial charge in [0.05, 0.1) is 6.04 Å². The van der Waals surface area contributed by atoms with E-state index in [1.165, 1.54) is 19.4 Å². The zero-order chi connectivity index (χ0) is 18.4. The fraction of sp³-hybridized carbons (Fsp3) is 0.889. The highest BCUT2D eigenvalue weighted by Crippen LogP contribution is 2.16. The maximum atomic E-state index is 12.0. The van der Waals surface area contributed by atoms with Gasteiger partial charge in [0.1, 0.15) is 5.60 Å². The fourth-order valence-electron chi connectivity index (χ4n) is 3.20. The molecular formula is C18H36IN5O2. The average Bonchev–Trinajstić information content (AvgIpc) is 2.46. The molecule has 2 N–H and O–H groups in total. The van der Waals surface area contributed by atoms with Crippen LogP contribution in [0.15, 0.2) is 4.99 Å². The van der Waals surface area contributed by atoms with E-state index in [0.29, 0.717) is 19.0 Å². The number of nitrogens with zero attached hydrogens (tertiary/aromatic N) is 3. The van der Waals surface area contributed by atoms with Gasteiger partial charge in [-0.1, -0.05) is 0 Å². The van der Waals surface area contributed by atoms with Gasteiger partial charge in [0.15, 0.2) is 5.96 Å². The number of aliphatic imine (C=N–C) groups is 1. The highest BCUT2D eigenvalue weighted by atomic mass is 127. The van der Waals surface area contributed by atoms with Gasteiger partial charge in [-0.15, -0.1) is 24.0 Å². The number of hydrogen-bond acceptors (Lipinski definition) is 4. The maximum Gasteiger partial charge on any atom is 0.410 e. The Labute approximate surface area is 175 Å². The summed E-state index contributed by atoms with van der Waals surface area (Å²) in [4.78, 5) is 20.9. The molecule has 1 amide bonds. The summed E-state index contributed by atoms with van der Waals surface area (Å²) in [6.45, 7) is 13.1. The van der Waals surface area contributed by atoms with Crippen molar-refractivity contribution >= 4 is 36.0 Å². The summed E-state index contributed by atoms with van der Waals surface area (Å²) in [6, 6.07) is 0.236. The molecule has 152 valence electrons. The summed E-state index contributed by atoms with van der Waals surface area (Å²) in [5.41, 5.74) is -0.445. The Morgan fingerprint density at radius 3 is 2.54 bits per heavy atom. The lowest BCUT2D eigenvalue weighted by Crippen LogP contribution is -2.63. The minimum absolute atomic E-state index is 0. The molecule has 2 aliphatic heterocycles. The molecule has 8 heteroatoms. The number of ether oxygens (including phenoxy) is 1. The van der Waals surface area contributed by atoms with Crippen molar-refractivity contribution in [1.29, 1.82) is 0 Å². The third kappa shape index (κ3) is 7.85. The molecule has 2 aliphatic rings. The lowest BCUT2D eigenvalue weighted by molar-refractivity contribution is 0.00700. The second kappa shape index (κ2) is 10.5. The van der Waals surface area contributed by atoms with E-state index in [9.17, 15) is 4.79 Å². The number of carbonyl (C=O) groups excluding carboxylic acids is 1. The van der Waals surface area contributed by atoms with Crippen molar-refractivity contribution in [2.45, 2.75) is 52.2 Å². The number of nitrogens with one attached hydrogen (secondary N) is 2. The summed E-state index contributed by atoms with van der Waals surface area (Å²) in [5, 5.41) is 6.73. The molecular weight excluding hydrogens is 445 g/mol. The summed E-state index contributed by atoms with van der Waals surface area (Å²) >= 11 is 0. The largest absolute Gasteiger partial charge is 0.444 e. The zero-order valence-electron chi connectivity index (χ0n) is 16.9. The first-order valence-corrected chi connectivity index (χ1v) is 9.48. The first-order valence-electron chi connectivity index (χ1n) is 9.48. The Morgan fingerprint density at radius 2 is 1.96 bits per heavy atom. The van der Waals surface area contributed by atoms with Crippen LogP contribution in [-0.2, 0) is 4.74 Å². The van der Waals surface area contributed by atoms with E-state index in [1.54, 1.807) is 4.90 Å². The molecule has 0 aromatic rings. The number of halogens is 1. The molecule has 0 aromatic heterocycles. The molecule has 1 unspecified atom stereocenters. The minimum atomic E-state index is -0.445. The predicted octanol–water partition coefficient (Wildman–Crippen LogP) is 2.12. The van der Waals surface area contributed by atoms with E-state index in [0.717, 1.165) is 25.6 Å². The van der Waals surface area contributed by atoms with Crippen LogP contribution < -0.4 is 10.6 Å². The van der Waals surface area contributed by atoms with Gasteiger partial charge in [-0.2, -0.15) is 0 Å². The standard InChI is InChI=1S/C18H35N5O2.HI/c1-6-19-16(20-10-14-8-7-9-22(5)11-14)21-15-12-23(13-15)17(24)25-18(2,3)4;/h14-15H,6-13H2,1-5H3,(H2,19,20,21);1H. The molecule has 0 aromatic carbocycles. The lowest BCUT2D eigenvalue weighted by Gasteiger charge is -2.40. The Balaban J connectivity index is 0.00000338. The highest BCUT2D eigenvalue weighted by molar-refractivity contribution is 14.0. The first-order chi connectivity index (χ1) is 11.8. The van der Waals surface area contributed by atoms with E-state index >= 15 is 0 Å². The van der Waals surface area contributed by atoms with Crippen LogP contribution in [0.1, 0.15) is 40.5 Å². The number of likely N-dealkylation sites (tertiary alicyclic amines) is 2. The van der Waals surface area contributed by atoms with Crippen LogP contribution in [0.25, 0.3) is 0 Å². The van der Waals surface area contributed by atoms with E-state index in [2.05, 4.69) is 29.5 Å². The van der Waals surface area contributed by atoms with Gasteiger partial charge in [-0.05, 0) is 60.0 Å². The Hall–Kier alpha value is -0.770. The van der Waals surface area contributed by atoms with E-state index in [1.807, 2.05) is 20.8 Å². The molecule has 0 saturated carbocycles. The van der Waals surface area contributed by atoms with Gasteiger partial charge >= 0.3 is 6.09 Å². The Kier molecular flexibility index (Phi) is 9.43. The third-order valence-electron chi connectivity index (χ3n) is 4.45. The summed E-state index contributed by atoms with van der Waals surface area (Å²) in [7, 11) is 2.18. The van der Waals surface area contributed by atoms with Crippen molar-refractivity contribution in [2.75, 3.05) is 46.3 Å². The van der Waals surface area contributed by atoms with Crippen molar-refractivity contribution in [1.82, 2.24) is 20.4 Å². The van der Waals surface area contributed by atoms with Crippen LogP contribution in [0.4, 0.5) is 4.79 Å². The molecule has 2 rings (SSSR count). The molecule has 2 fully saturated rings. The Morgan fingerprint density at radius 1 is 1.27 bits per heavy atom. The topological polar surface area (TPSA) is 69.2 Å². The first kappa shape index (κ1) is 23.3. The van der Waals surface area contributed by atoms with Crippen molar-refractivity contribution in [3.63, 3.8) is 0 Å². The van der Waals surface area contributed by atoms with E-state index in [-0.39, 0.29) is 36.1 Å². The smallest absolute Gasteiger partial charge is 0.410 e. The number of amides is 1. The summed E-state index contributed by atoms with van der Waals surface area (Å²) in [6.07, 6.45) is 2.27. The molecule has 1 atom stereocenters. The molecule has 0 spiro atoms. The van der Waals surface area contributed by atoms with Crippen LogP contribution in [-0.4, -0.2) is 79.8 Å². The third-order valence-corrected chi connectivity index (χ3v) is 4.45. The van der Waals surface area contributed by atoms with Gasteiger partial charge in [0, 0.05) is 32.7 Å². The molecule has 0 radical (unpaired) electrons. The number of rotatable bonds is 4. The number of guanidine groups is 1. The van der Waals surface area contributed by atoms with E-state index in [4.69, 9.17) is 9.73 Å². The van der Waals surface area contributed by atoms with E-state index < -0.39 is 5.60 Å². The zero-order valence-corrected chi connectivity index (χ0v) is 19.2. The van der Waals surface area contributed by atoms with Crippen LogP contribution in [0.2, 0.25) is 0 Å². The van der Waals surface area contributed by atoms with Crippen molar-refractivity contribution in [3.8, 4) is 0 Å². The molecule has 2 saturated heterocycles. The average molecular weight is 481 g/mol. The van der Waals surface area contributed by atoms with Crippen molar-refractivity contribution < 1.29 is 9.53 Å². The summed E-state index contributed by atoms with van der Waals surface area (Å²) in [5.74, 6) is 1.48. The van der Waals surface area contributed by atoms with Gasteiger partial charge in [0.2, 0.25) is 0 Å². The van der Waals surface area contributed by atoms with Crippen LogP contribution in [0, 0.1) is 5.92 Å². The SMILES string of the molecule is CCNC(=NCC1CCCN(C)C1)NC1CN(C(=O)OC(C)(C)C)C1.I. The van der Waals surface area contributed by atoms with Crippen LogP contribution in [0.3, 0.4) is 0 Å². The number of piperidine rings is 1.